The molecule has 6 N–H and O–H groups in total. The topological polar surface area (TPSA) is 110 Å². The Kier molecular flexibility index (Phi) is 5.24. The first-order valence-electron chi connectivity index (χ1n) is 6.81. The predicted molar refractivity (Wildman–Crippen MR) is 83.8 cm³/mol. The molecule has 2 amide bonds. The zero-order valence-electron chi connectivity index (χ0n) is 11.9. The minimum atomic E-state index is -0.902. The number of nitrogens with two attached hydrogens (primary N) is 2. The molecule has 114 valence electrons. The Hall–Kier alpha value is -2.70. The van der Waals surface area contributed by atoms with Crippen molar-refractivity contribution in [1.82, 2.24) is 10.6 Å². The number of rotatable bonds is 5. The second-order valence-electron chi connectivity index (χ2n) is 4.73. The van der Waals surface area contributed by atoms with Crippen LogP contribution >= 0.6 is 0 Å². The van der Waals surface area contributed by atoms with Gasteiger partial charge in [0.25, 0.3) is 11.8 Å². The van der Waals surface area contributed by atoms with Gasteiger partial charge in [0.1, 0.15) is 12.3 Å². The van der Waals surface area contributed by atoms with E-state index in [1.54, 1.807) is 48.5 Å². The molecule has 0 saturated carbocycles. The monoisotopic (exact) mass is 298 g/mol. The maximum absolute atomic E-state index is 12.0. The van der Waals surface area contributed by atoms with Gasteiger partial charge >= 0.3 is 0 Å². The van der Waals surface area contributed by atoms with Crippen molar-refractivity contribution < 1.29 is 9.59 Å². The van der Waals surface area contributed by atoms with Crippen LogP contribution in [0, 0.1) is 0 Å². The summed E-state index contributed by atoms with van der Waals surface area (Å²) in [5.41, 5.74) is 12.6. The first-order valence-corrected chi connectivity index (χ1v) is 6.81. The van der Waals surface area contributed by atoms with Crippen LogP contribution in [0.15, 0.2) is 60.7 Å². The number of carbonyl (C=O) groups excluding carboxylic acids is 2. The first-order chi connectivity index (χ1) is 10.6. The highest BCUT2D eigenvalue weighted by Crippen LogP contribution is 2.00. The molecule has 0 spiro atoms. The molecule has 0 aliphatic carbocycles. The Labute approximate surface area is 128 Å². The van der Waals surface area contributed by atoms with Crippen molar-refractivity contribution in [2.75, 3.05) is 0 Å². The lowest BCUT2D eigenvalue weighted by molar-refractivity contribution is 0.0885. The summed E-state index contributed by atoms with van der Waals surface area (Å²) in [7, 11) is 0. The molecule has 2 unspecified atom stereocenters. The number of nitrogens with one attached hydrogen (secondary N) is 2. The SMILES string of the molecule is NC(NC(=O)c1ccccc1)C(N)NC(=O)c1ccccc1. The van der Waals surface area contributed by atoms with E-state index in [1.165, 1.54) is 0 Å². The van der Waals surface area contributed by atoms with Crippen molar-refractivity contribution in [3.63, 3.8) is 0 Å². The summed E-state index contributed by atoms with van der Waals surface area (Å²) in [4.78, 5) is 23.9. The molecule has 2 rings (SSSR count). The summed E-state index contributed by atoms with van der Waals surface area (Å²) < 4.78 is 0. The highest BCUT2D eigenvalue weighted by Gasteiger charge is 2.19. The predicted octanol–water partition coefficient (Wildman–Crippen LogP) is 0.416. The Morgan fingerprint density at radius 1 is 0.682 bits per heavy atom. The largest absolute Gasteiger partial charge is 0.334 e. The third-order valence-corrected chi connectivity index (χ3v) is 3.05. The van der Waals surface area contributed by atoms with Gasteiger partial charge in [0.2, 0.25) is 0 Å². The fraction of sp³-hybridized carbons (Fsp3) is 0.125. The van der Waals surface area contributed by atoms with Crippen LogP contribution in [-0.2, 0) is 0 Å². The van der Waals surface area contributed by atoms with Crippen LogP contribution in [0.1, 0.15) is 20.7 Å². The van der Waals surface area contributed by atoms with Gasteiger partial charge in [-0.25, -0.2) is 0 Å². The summed E-state index contributed by atoms with van der Waals surface area (Å²) in [5, 5.41) is 5.10. The van der Waals surface area contributed by atoms with Gasteiger partial charge < -0.3 is 22.1 Å². The summed E-state index contributed by atoms with van der Waals surface area (Å²) in [6.45, 7) is 0. The number of amides is 2. The third-order valence-electron chi connectivity index (χ3n) is 3.05. The molecule has 0 saturated heterocycles. The normalized spacial score (nSPS) is 13.0. The van der Waals surface area contributed by atoms with E-state index < -0.39 is 12.3 Å². The van der Waals surface area contributed by atoms with Gasteiger partial charge in [-0.05, 0) is 24.3 Å². The van der Waals surface area contributed by atoms with Crippen molar-refractivity contribution >= 4 is 11.8 Å². The lowest BCUT2D eigenvalue weighted by atomic mass is 10.2. The van der Waals surface area contributed by atoms with E-state index in [-0.39, 0.29) is 11.8 Å². The molecule has 0 aromatic heterocycles. The van der Waals surface area contributed by atoms with E-state index in [1.807, 2.05) is 12.1 Å². The Morgan fingerprint density at radius 3 is 1.32 bits per heavy atom. The maximum atomic E-state index is 12.0. The molecule has 2 atom stereocenters. The molecular formula is C16H18N4O2. The average molecular weight is 298 g/mol. The summed E-state index contributed by atoms with van der Waals surface area (Å²) in [6.07, 6.45) is -1.80. The third kappa shape index (κ3) is 4.15. The Morgan fingerprint density at radius 2 is 1.00 bits per heavy atom. The van der Waals surface area contributed by atoms with Crippen LogP contribution in [0.25, 0.3) is 0 Å². The molecule has 0 fully saturated rings. The van der Waals surface area contributed by atoms with Crippen LogP contribution < -0.4 is 22.1 Å². The zero-order chi connectivity index (χ0) is 15.9. The van der Waals surface area contributed by atoms with Gasteiger partial charge in [-0.1, -0.05) is 36.4 Å². The molecule has 0 radical (unpaired) electrons. The molecule has 0 bridgehead atoms. The molecule has 0 aliphatic rings. The minimum Gasteiger partial charge on any atom is -0.334 e. The van der Waals surface area contributed by atoms with E-state index in [2.05, 4.69) is 10.6 Å². The van der Waals surface area contributed by atoms with Gasteiger partial charge in [-0.2, -0.15) is 0 Å². The van der Waals surface area contributed by atoms with Crippen molar-refractivity contribution in [2.24, 2.45) is 11.5 Å². The fourth-order valence-corrected chi connectivity index (χ4v) is 1.83. The van der Waals surface area contributed by atoms with E-state index in [0.29, 0.717) is 11.1 Å². The van der Waals surface area contributed by atoms with Crippen LogP contribution in [0.2, 0.25) is 0 Å². The second kappa shape index (κ2) is 7.35. The number of carbonyl (C=O) groups is 2. The summed E-state index contributed by atoms with van der Waals surface area (Å²) >= 11 is 0. The second-order valence-corrected chi connectivity index (χ2v) is 4.73. The minimum absolute atomic E-state index is 0.350. The Bertz CT molecular complexity index is 574. The van der Waals surface area contributed by atoms with Gasteiger partial charge in [0, 0.05) is 11.1 Å². The van der Waals surface area contributed by atoms with Crippen molar-refractivity contribution in [2.45, 2.75) is 12.3 Å². The van der Waals surface area contributed by atoms with Crippen molar-refractivity contribution in [3.8, 4) is 0 Å². The van der Waals surface area contributed by atoms with Crippen LogP contribution in [0.3, 0.4) is 0 Å². The van der Waals surface area contributed by atoms with Crippen molar-refractivity contribution in [3.05, 3.63) is 71.8 Å². The highest BCUT2D eigenvalue weighted by atomic mass is 16.2. The van der Waals surface area contributed by atoms with Crippen LogP contribution in [0.4, 0.5) is 0 Å². The smallest absolute Gasteiger partial charge is 0.252 e. The molecular weight excluding hydrogens is 280 g/mol. The molecule has 2 aromatic carbocycles. The van der Waals surface area contributed by atoms with E-state index in [9.17, 15) is 9.59 Å². The first kappa shape index (κ1) is 15.7. The van der Waals surface area contributed by atoms with Gasteiger partial charge in [-0.3, -0.25) is 9.59 Å². The van der Waals surface area contributed by atoms with Crippen molar-refractivity contribution in [1.29, 1.82) is 0 Å². The molecule has 2 aromatic rings. The van der Waals surface area contributed by atoms with E-state index in [4.69, 9.17) is 11.5 Å². The number of benzene rings is 2. The van der Waals surface area contributed by atoms with E-state index in [0.717, 1.165) is 0 Å². The molecule has 22 heavy (non-hydrogen) atoms. The number of hydrogen-bond donors (Lipinski definition) is 4. The molecule has 0 heterocycles. The van der Waals surface area contributed by atoms with Gasteiger partial charge in [0.15, 0.2) is 0 Å². The summed E-state index contributed by atoms with van der Waals surface area (Å²) in [6, 6.07) is 17.3. The lowest BCUT2D eigenvalue weighted by Crippen LogP contribution is -2.60. The highest BCUT2D eigenvalue weighted by molar-refractivity contribution is 5.95. The molecule has 6 heteroatoms. The molecule has 6 nitrogen and oxygen atoms in total. The molecule has 0 aliphatic heterocycles. The van der Waals surface area contributed by atoms with Crippen LogP contribution in [-0.4, -0.2) is 24.1 Å². The van der Waals surface area contributed by atoms with Crippen LogP contribution in [0.5, 0.6) is 0 Å². The standard InChI is InChI=1S/C16H18N4O2/c17-13(19-15(21)11-7-3-1-4-8-11)14(18)20-16(22)12-9-5-2-6-10-12/h1-10,13-14H,17-18H2,(H,19,21)(H,20,22). The maximum Gasteiger partial charge on any atom is 0.252 e. The fourth-order valence-electron chi connectivity index (χ4n) is 1.83. The zero-order valence-corrected chi connectivity index (χ0v) is 11.9. The average Bonchev–Trinajstić information content (AvgIpc) is 2.56. The summed E-state index contributed by atoms with van der Waals surface area (Å²) in [5.74, 6) is -0.699. The van der Waals surface area contributed by atoms with E-state index >= 15 is 0 Å². The Balaban J connectivity index is 1.91. The quantitative estimate of drug-likeness (QED) is 0.599. The number of hydrogen-bond acceptors (Lipinski definition) is 4. The lowest BCUT2D eigenvalue weighted by Gasteiger charge is -2.22. The van der Waals surface area contributed by atoms with Gasteiger partial charge in [0.05, 0.1) is 0 Å². The van der Waals surface area contributed by atoms with Gasteiger partial charge in [-0.15, -0.1) is 0 Å².